The number of benzene rings is 2. The zero-order valence-electron chi connectivity index (χ0n) is 15.6. The van der Waals surface area contributed by atoms with Gasteiger partial charge >= 0.3 is 0 Å². The summed E-state index contributed by atoms with van der Waals surface area (Å²) in [6.45, 7) is 5.04. The van der Waals surface area contributed by atoms with Crippen LogP contribution in [0.5, 0.6) is 5.75 Å². The van der Waals surface area contributed by atoms with Crippen molar-refractivity contribution >= 4 is 11.0 Å². The van der Waals surface area contributed by atoms with E-state index >= 15 is 0 Å². The highest BCUT2D eigenvalue weighted by atomic mass is 16.5. The maximum absolute atomic E-state index is 6.11. The summed E-state index contributed by atoms with van der Waals surface area (Å²) in [4.78, 5) is 0. The molecular formula is C22H23N3O2. The third kappa shape index (κ3) is 3.34. The number of aryl methyl sites for hydroxylation is 2. The molecule has 0 aliphatic carbocycles. The van der Waals surface area contributed by atoms with Gasteiger partial charge in [0.1, 0.15) is 18.0 Å². The van der Waals surface area contributed by atoms with E-state index in [2.05, 4.69) is 30.2 Å². The van der Waals surface area contributed by atoms with Crippen molar-refractivity contribution in [2.45, 2.75) is 33.4 Å². The molecule has 0 unspecified atom stereocenters. The van der Waals surface area contributed by atoms with Crippen LogP contribution in [-0.2, 0) is 19.6 Å². The molecule has 0 spiro atoms. The molecule has 0 fully saturated rings. The molecule has 4 aromatic rings. The van der Waals surface area contributed by atoms with E-state index in [1.807, 2.05) is 41.9 Å². The van der Waals surface area contributed by atoms with E-state index in [9.17, 15) is 0 Å². The van der Waals surface area contributed by atoms with Gasteiger partial charge in [-0.3, -0.25) is 0 Å². The average Bonchev–Trinajstić information content (AvgIpc) is 3.32. The molecule has 0 radical (unpaired) electrons. The van der Waals surface area contributed by atoms with Crippen molar-refractivity contribution in [3.05, 3.63) is 77.3 Å². The van der Waals surface area contributed by atoms with Crippen LogP contribution in [-0.4, -0.2) is 9.78 Å². The molecule has 2 N–H and O–H groups in total. The highest BCUT2D eigenvalue weighted by molar-refractivity contribution is 5.86. The van der Waals surface area contributed by atoms with Crippen molar-refractivity contribution in [1.82, 2.24) is 9.78 Å². The Labute approximate surface area is 158 Å². The average molecular weight is 361 g/mol. The molecule has 2 aromatic carbocycles. The minimum atomic E-state index is 0.408. The lowest BCUT2D eigenvalue weighted by molar-refractivity contribution is 0.303. The minimum Gasteiger partial charge on any atom is -0.489 e. The first kappa shape index (κ1) is 17.4. The Morgan fingerprint density at radius 3 is 2.78 bits per heavy atom. The lowest BCUT2D eigenvalue weighted by atomic mass is 10.1. The Bertz CT molecular complexity index is 1080. The van der Waals surface area contributed by atoms with Crippen molar-refractivity contribution in [2.24, 2.45) is 5.73 Å². The molecule has 27 heavy (non-hydrogen) atoms. The van der Waals surface area contributed by atoms with Gasteiger partial charge in [-0.15, -0.1) is 0 Å². The Morgan fingerprint density at radius 1 is 1.15 bits per heavy atom. The number of hydrogen-bond acceptors (Lipinski definition) is 4. The molecule has 5 heteroatoms. The van der Waals surface area contributed by atoms with Crippen molar-refractivity contribution in [2.75, 3.05) is 0 Å². The first-order valence-corrected chi connectivity index (χ1v) is 9.16. The Balaban J connectivity index is 1.71. The van der Waals surface area contributed by atoms with Gasteiger partial charge in [0, 0.05) is 17.6 Å². The second-order valence-corrected chi connectivity index (χ2v) is 6.60. The molecule has 2 heterocycles. The van der Waals surface area contributed by atoms with Gasteiger partial charge in [-0.1, -0.05) is 25.1 Å². The Hall–Kier alpha value is -3.05. The lowest BCUT2D eigenvalue weighted by Crippen LogP contribution is -2.04. The SMILES string of the molecule is CCc1ccccc1OCc1cc(-n2nc(CN)cc2C)c2occc2c1. The fourth-order valence-corrected chi connectivity index (χ4v) is 3.34. The Kier molecular flexibility index (Phi) is 4.69. The summed E-state index contributed by atoms with van der Waals surface area (Å²) < 4.78 is 13.7. The molecule has 0 aliphatic rings. The fraction of sp³-hybridized carbons (Fsp3) is 0.227. The number of rotatable bonds is 6. The summed E-state index contributed by atoms with van der Waals surface area (Å²) >= 11 is 0. The summed E-state index contributed by atoms with van der Waals surface area (Å²) in [5, 5.41) is 5.63. The lowest BCUT2D eigenvalue weighted by Gasteiger charge is -2.12. The van der Waals surface area contributed by atoms with Gasteiger partial charge in [-0.2, -0.15) is 5.10 Å². The van der Waals surface area contributed by atoms with Crippen LogP contribution in [0.1, 0.15) is 29.4 Å². The van der Waals surface area contributed by atoms with E-state index in [-0.39, 0.29) is 0 Å². The fourth-order valence-electron chi connectivity index (χ4n) is 3.34. The summed E-state index contributed by atoms with van der Waals surface area (Å²) in [6.07, 6.45) is 2.64. The zero-order chi connectivity index (χ0) is 18.8. The van der Waals surface area contributed by atoms with Crippen LogP contribution in [0.15, 0.2) is 59.2 Å². The van der Waals surface area contributed by atoms with Gasteiger partial charge in [0.25, 0.3) is 0 Å². The van der Waals surface area contributed by atoms with Crippen molar-refractivity contribution in [3.63, 3.8) is 0 Å². The summed E-state index contributed by atoms with van der Waals surface area (Å²) in [5.41, 5.74) is 11.6. The number of aromatic nitrogens is 2. The van der Waals surface area contributed by atoms with Gasteiger partial charge in [0.15, 0.2) is 5.58 Å². The second kappa shape index (κ2) is 7.29. The number of nitrogens with two attached hydrogens (primary N) is 1. The molecule has 5 nitrogen and oxygen atoms in total. The quantitative estimate of drug-likeness (QED) is 0.548. The monoisotopic (exact) mass is 361 g/mol. The van der Waals surface area contributed by atoms with Crippen molar-refractivity contribution < 1.29 is 9.15 Å². The van der Waals surface area contributed by atoms with E-state index in [1.54, 1.807) is 6.26 Å². The normalized spacial score (nSPS) is 11.2. The van der Waals surface area contributed by atoms with E-state index in [0.29, 0.717) is 13.2 Å². The van der Waals surface area contributed by atoms with Crippen LogP contribution in [0, 0.1) is 6.92 Å². The first-order chi connectivity index (χ1) is 13.2. The standard InChI is InChI=1S/C22H23N3O2/c1-3-17-6-4-5-7-21(17)27-14-16-11-18-8-9-26-22(18)20(12-16)25-15(2)10-19(13-23)24-25/h4-12H,3,13-14,23H2,1-2H3. The number of para-hydroxylation sites is 1. The number of fused-ring (bicyclic) bond motifs is 1. The zero-order valence-corrected chi connectivity index (χ0v) is 15.6. The van der Waals surface area contributed by atoms with E-state index in [0.717, 1.165) is 45.8 Å². The number of nitrogens with zero attached hydrogens (tertiary/aromatic N) is 2. The second-order valence-electron chi connectivity index (χ2n) is 6.60. The predicted octanol–water partition coefficient (Wildman–Crippen LogP) is 4.53. The van der Waals surface area contributed by atoms with Crippen LogP contribution in [0.2, 0.25) is 0 Å². The minimum absolute atomic E-state index is 0.408. The van der Waals surface area contributed by atoms with Crippen molar-refractivity contribution in [1.29, 1.82) is 0 Å². The first-order valence-electron chi connectivity index (χ1n) is 9.16. The number of hydrogen-bond donors (Lipinski definition) is 1. The van der Waals surface area contributed by atoms with Gasteiger partial charge in [0.2, 0.25) is 0 Å². The molecule has 2 aromatic heterocycles. The third-order valence-corrected chi connectivity index (χ3v) is 4.71. The number of ether oxygens (including phenoxy) is 1. The topological polar surface area (TPSA) is 66.2 Å². The maximum atomic E-state index is 6.11. The third-order valence-electron chi connectivity index (χ3n) is 4.71. The van der Waals surface area contributed by atoms with Crippen LogP contribution in [0.4, 0.5) is 0 Å². The molecule has 0 atom stereocenters. The van der Waals surface area contributed by atoms with Gasteiger partial charge in [0.05, 0.1) is 12.0 Å². The van der Waals surface area contributed by atoms with Gasteiger partial charge in [-0.25, -0.2) is 4.68 Å². The van der Waals surface area contributed by atoms with E-state index < -0.39 is 0 Å². The highest BCUT2D eigenvalue weighted by Gasteiger charge is 2.14. The smallest absolute Gasteiger partial charge is 0.159 e. The number of furan rings is 1. The van der Waals surface area contributed by atoms with Gasteiger partial charge in [-0.05, 0) is 54.8 Å². The maximum Gasteiger partial charge on any atom is 0.159 e. The molecule has 0 amide bonds. The van der Waals surface area contributed by atoms with Crippen LogP contribution in [0.3, 0.4) is 0 Å². The summed E-state index contributed by atoms with van der Waals surface area (Å²) in [5.74, 6) is 0.925. The van der Waals surface area contributed by atoms with Gasteiger partial charge < -0.3 is 14.9 Å². The van der Waals surface area contributed by atoms with E-state index in [1.165, 1.54) is 5.56 Å². The summed E-state index contributed by atoms with van der Waals surface area (Å²) in [6, 6.07) is 16.3. The van der Waals surface area contributed by atoms with E-state index in [4.69, 9.17) is 14.9 Å². The molecule has 4 rings (SSSR count). The van der Waals surface area contributed by atoms with Crippen LogP contribution in [0.25, 0.3) is 16.7 Å². The molecule has 138 valence electrons. The molecular weight excluding hydrogens is 338 g/mol. The van der Waals surface area contributed by atoms with Crippen LogP contribution >= 0.6 is 0 Å². The highest BCUT2D eigenvalue weighted by Crippen LogP contribution is 2.28. The Morgan fingerprint density at radius 2 is 2.00 bits per heavy atom. The molecule has 0 aliphatic heterocycles. The molecule has 0 saturated heterocycles. The van der Waals surface area contributed by atoms with Crippen LogP contribution < -0.4 is 10.5 Å². The largest absolute Gasteiger partial charge is 0.489 e. The predicted molar refractivity (Wildman–Crippen MR) is 106 cm³/mol. The summed E-state index contributed by atoms with van der Waals surface area (Å²) in [7, 11) is 0. The molecule has 0 saturated carbocycles. The molecule has 0 bridgehead atoms. The van der Waals surface area contributed by atoms with Crippen molar-refractivity contribution in [3.8, 4) is 11.4 Å².